The first-order valence-corrected chi connectivity index (χ1v) is 7.79. The van der Waals surface area contributed by atoms with Crippen LogP contribution in [0.15, 0.2) is 16.7 Å². The van der Waals surface area contributed by atoms with Gasteiger partial charge >= 0.3 is 0 Å². The van der Waals surface area contributed by atoms with E-state index in [-0.39, 0.29) is 11.9 Å². The van der Waals surface area contributed by atoms with Crippen LogP contribution >= 0.6 is 15.9 Å². The van der Waals surface area contributed by atoms with E-state index < -0.39 is 0 Å². The highest BCUT2D eigenvalue weighted by molar-refractivity contribution is 9.10. The number of carbonyl (C=O) groups excluding carboxylic acids is 1. The average molecular weight is 328 g/mol. The largest absolute Gasteiger partial charge is 0.348 e. The van der Waals surface area contributed by atoms with Gasteiger partial charge in [0.2, 0.25) is 0 Å². The zero-order valence-corrected chi connectivity index (χ0v) is 13.2. The third-order valence-electron chi connectivity index (χ3n) is 3.52. The van der Waals surface area contributed by atoms with Gasteiger partial charge in [-0.2, -0.15) is 0 Å². The summed E-state index contributed by atoms with van der Waals surface area (Å²) < 4.78 is 2.98. The number of aromatic nitrogens is 1. The van der Waals surface area contributed by atoms with Crippen LogP contribution in [0.1, 0.15) is 43.6 Å². The number of nitrogens with zero attached hydrogens (tertiary/aromatic N) is 1. The van der Waals surface area contributed by atoms with Crippen LogP contribution in [0.25, 0.3) is 0 Å². The van der Waals surface area contributed by atoms with Crippen LogP contribution in [0.5, 0.6) is 0 Å². The molecule has 1 aromatic rings. The van der Waals surface area contributed by atoms with E-state index in [1.807, 2.05) is 16.8 Å². The first kappa shape index (κ1) is 14.6. The predicted molar refractivity (Wildman–Crippen MR) is 80.4 cm³/mol. The second-order valence-corrected chi connectivity index (χ2v) is 6.20. The van der Waals surface area contributed by atoms with Gasteiger partial charge in [0.15, 0.2) is 0 Å². The molecular formula is C14H22BrN3O. The summed E-state index contributed by atoms with van der Waals surface area (Å²) in [7, 11) is 0. The topological polar surface area (TPSA) is 46.1 Å². The molecular weight excluding hydrogens is 306 g/mol. The Hall–Kier alpha value is -0.810. The molecule has 0 aromatic carbocycles. The number of halogens is 1. The number of nitrogens with one attached hydrogen (secondary N) is 2. The normalized spacial score (nSPS) is 23.3. The maximum Gasteiger partial charge on any atom is 0.268 e. The van der Waals surface area contributed by atoms with Crippen LogP contribution in [0.2, 0.25) is 0 Å². The maximum absolute atomic E-state index is 12.4. The highest BCUT2D eigenvalue weighted by Crippen LogP contribution is 2.16. The van der Waals surface area contributed by atoms with Crippen molar-refractivity contribution in [3.8, 4) is 0 Å². The van der Waals surface area contributed by atoms with E-state index in [1.54, 1.807) is 0 Å². The molecule has 0 spiro atoms. The quantitative estimate of drug-likeness (QED) is 0.892. The van der Waals surface area contributed by atoms with E-state index in [1.165, 1.54) is 0 Å². The fourth-order valence-electron chi connectivity index (χ4n) is 2.61. The molecule has 1 aliphatic rings. The van der Waals surface area contributed by atoms with E-state index in [0.717, 1.165) is 42.5 Å². The predicted octanol–water partition coefficient (Wildman–Crippen LogP) is 2.53. The van der Waals surface area contributed by atoms with E-state index in [4.69, 9.17) is 0 Å². The molecule has 0 aliphatic carbocycles. The number of aryl methyl sites for hydroxylation is 1. The van der Waals surface area contributed by atoms with Crippen LogP contribution in [0.4, 0.5) is 0 Å². The monoisotopic (exact) mass is 327 g/mol. The minimum Gasteiger partial charge on any atom is -0.348 e. The summed E-state index contributed by atoms with van der Waals surface area (Å²) in [5.41, 5.74) is 0.750. The van der Waals surface area contributed by atoms with E-state index in [9.17, 15) is 4.79 Å². The summed E-state index contributed by atoms with van der Waals surface area (Å²) in [4.78, 5) is 12.4. The van der Waals surface area contributed by atoms with Gasteiger partial charge in [0.1, 0.15) is 5.69 Å². The summed E-state index contributed by atoms with van der Waals surface area (Å²) in [5, 5.41) is 6.55. The number of amides is 1. The lowest BCUT2D eigenvalue weighted by Crippen LogP contribution is -2.46. The van der Waals surface area contributed by atoms with Crippen LogP contribution in [0, 0.1) is 0 Å². The van der Waals surface area contributed by atoms with Crippen molar-refractivity contribution < 1.29 is 4.79 Å². The van der Waals surface area contributed by atoms with Crippen molar-refractivity contribution in [1.82, 2.24) is 15.2 Å². The van der Waals surface area contributed by atoms with Gasteiger partial charge in [0.25, 0.3) is 5.91 Å². The fraction of sp³-hybridized carbons (Fsp3) is 0.643. The van der Waals surface area contributed by atoms with E-state index in [0.29, 0.717) is 6.04 Å². The molecule has 1 saturated heterocycles. The van der Waals surface area contributed by atoms with Gasteiger partial charge in [0, 0.05) is 29.3 Å². The van der Waals surface area contributed by atoms with E-state index >= 15 is 0 Å². The van der Waals surface area contributed by atoms with Crippen LogP contribution < -0.4 is 10.6 Å². The molecule has 1 aromatic heterocycles. The molecule has 4 nitrogen and oxygen atoms in total. The highest BCUT2D eigenvalue weighted by Gasteiger charge is 2.22. The summed E-state index contributed by atoms with van der Waals surface area (Å²) in [5.74, 6) is 0.0400. The van der Waals surface area contributed by atoms with Gasteiger partial charge in [-0.25, -0.2) is 0 Å². The summed E-state index contributed by atoms with van der Waals surface area (Å²) in [6.07, 6.45) is 5.00. The molecule has 19 heavy (non-hydrogen) atoms. The standard InChI is InChI=1S/C14H22BrN3O/c1-3-6-18-9-11(15)8-13(18)14(19)17-12-4-5-16-10(2)7-12/h8-10,12,16H,3-7H2,1-2H3,(H,17,19). The van der Waals surface area contributed by atoms with Gasteiger partial charge < -0.3 is 15.2 Å². The molecule has 2 unspecified atom stereocenters. The van der Waals surface area contributed by atoms with Crippen molar-refractivity contribution in [2.75, 3.05) is 6.54 Å². The Bertz CT molecular complexity index is 444. The molecule has 106 valence electrons. The second-order valence-electron chi connectivity index (χ2n) is 5.29. The number of hydrogen-bond donors (Lipinski definition) is 2. The number of carbonyl (C=O) groups is 1. The smallest absolute Gasteiger partial charge is 0.268 e. The molecule has 2 atom stereocenters. The molecule has 5 heteroatoms. The third kappa shape index (κ3) is 3.83. The Morgan fingerprint density at radius 2 is 2.42 bits per heavy atom. The van der Waals surface area contributed by atoms with Gasteiger partial charge in [0.05, 0.1) is 0 Å². The number of piperidine rings is 1. The van der Waals surface area contributed by atoms with Gasteiger partial charge in [-0.1, -0.05) is 6.92 Å². The Morgan fingerprint density at radius 3 is 3.11 bits per heavy atom. The lowest BCUT2D eigenvalue weighted by atomic mass is 10.0. The Kier molecular flexibility index (Phi) is 5.05. The summed E-state index contributed by atoms with van der Waals surface area (Å²) in [6.45, 7) is 6.13. The summed E-state index contributed by atoms with van der Waals surface area (Å²) >= 11 is 3.45. The van der Waals surface area contributed by atoms with Crippen molar-refractivity contribution in [2.45, 2.75) is 51.7 Å². The molecule has 1 amide bonds. The lowest BCUT2D eigenvalue weighted by molar-refractivity contribution is 0.0916. The second kappa shape index (κ2) is 6.57. The zero-order chi connectivity index (χ0) is 13.8. The average Bonchev–Trinajstić information content (AvgIpc) is 2.71. The molecule has 0 radical (unpaired) electrons. The third-order valence-corrected chi connectivity index (χ3v) is 3.95. The molecule has 2 heterocycles. The van der Waals surface area contributed by atoms with Gasteiger partial charge in [-0.3, -0.25) is 4.79 Å². The maximum atomic E-state index is 12.4. The van der Waals surface area contributed by atoms with Crippen LogP contribution in [-0.2, 0) is 6.54 Å². The Morgan fingerprint density at radius 1 is 1.63 bits per heavy atom. The van der Waals surface area contributed by atoms with Crippen molar-refractivity contribution in [3.63, 3.8) is 0 Å². The van der Waals surface area contributed by atoms with Crippen molar-refractivity contribution in [1.29, 1.82) is 0 Å². The van der Waals surface area contributed by atoms with Crippen LogP contribution in [-0.4, -0.2) is 29.1 Å². The van der Waals surface area contributed by atoms with E-state index in [2.05, 4.69) is 40.4 Å². The molecule has 1 aliphatic heterocycles. The molecule has 2 rings (SSSR count). The highest BCUT2D eigenvalue weighted by atomic mass is 79.9. The molecule has 1 fully saturated rings. The minimum absolute atomic E-state index is 0.0400. The first-order chi connectivity index (χ1) is 9.10. The van der Waals surface area contributed by atoms with Crippen molar-refractivity contribution >= 4 is 21.8 Å². The SMILES string of the molecule is CCCn1cc(Br)cc1C(=O)NC1CCNC(C)C1. The minimum atomic E-state index is 0.0400. The fourth-order valence-corrected chi connectivity index (χ4v) is 3.08. The number of hydrogen-bond acceptors (Lipinski definition) is 2. The number of rotatable bonds is 4. The Labute approximate surface area is 123 Å². The molecule has 0 bridgehead atoms. The molecule has 2 N–H and O–H groups in total. The Balaban J connectivity index is 2.02. The zero-order valence-electron chi connectivity index (χ0n) is 11.6. The van der Waals surface area contributed by atoms with Crippen molar-refractivity contribution in [2.24, 2.45) is 0 Å². The molecule has 0 saturated carbocycles. The van der Waals surface area contributed by atoms with Gasteiger partial charge in [-0.05, 0) is 54.7 Å². The first-order valence-electron chi connectivity index (χ1n) is 7.00. The lowest BCUT2D eigenvalue weighted by Gasteiger charge is -2.28. The van der Waals surface area contributed by atoms with Crippen LogP contribution in [0.3, 0.4) is 0 Å². The summed E-state index contributed by atoms with van der Waals surface area (Å²) in [6, 6.07) is 2.66. The van der Waals surface area contributed by atoms with Crippen molar-refractivity contribution in [3.05, 3.63) is 22.4 Å². The van der Waals surface area contributed by atoms with Gasteiger partial charge in [-0.15, -0.1) is 0 Å².